The van der Waals surface area contributed by atoms with E-state index in [0.29, 0.717) is 6.04 Å². The molecule has 1 aromatic carbocycles. The molecule has 2 nitrogen and oxygen atoms in total. The van der Waals surface area contributed by atoms with Gasteiger partial charge in [-0.05, 0) is 36.8 Å². The molecule has 1 aliphatic rings. The predicted octanol–water partition coefficient (Wildman–Crippen LogP) is 2.93. The van der Waals surface area contributed by atoms with E-state index in [0.717, 1.165) is 25.9 Å². The van der Waals surface area contributed by atoms with Crippen molar-refractivity contribution in [2.75, 3.05) is 19.7 Å². The van der Waals surface area contributed by atoms with Gasteiger partial charge in [-0.2, -0.15) is 0 Å². The molecule has 0 bridgehead atoms. The van der Waals surface area contributed by atoms with Crippen LogP contribution in [-0.2, 0) is 6.42 Å². The molecule has 2 rings (SSSR count). The molecular formula is C16H23NO. The van der Waals surface area contributed by atoms with Gasteiger partial charge >= 0.3 is 0 Å². The zero-order valence-electron chi connectivity index (χ0n) is 11.0. The summed E-state index contributed by atoms with van der Waals surface area (Å²) in [7, 11) is 0. The summed E-state index contributed by atoms with van der Waals surface area (Å²) in [5, 5.41) is 9.03. The number of aryl methyl sites for hydroxylation is 1. The summed E-state index contributed by atoms with van der Waals surface area (Å²) in [5.74, 6) is 0. The second kappa shape index (κ2) is 6.72. The summed E-state index contributed by atoms with van der Waals surface area (Å²) in [6.45, 7) is 6.10. The van der Waals surface area contributed by atoms with Crippen molar-refractivity contribution in [3.8, 4) is 0 Å². The van der Waals surface area contributed by atoms with Crippen LogP contribution < -0.4 is 0 Å². The Morgan fingerprint density at radius 2 is 2.17 bits per heavy atom. The molecule has 0 heterocycles. The molecule has 1 N–H and O–H groups in total. The minimum atomic E-state index is 0.277. The Hall–Kier alpha value is -1.12. The van der Waals surface area contributed by atoms with Crippen LogP contribution in [0.2, 0.25) is 0 Å². The number of fused-ring (bicyclic) bond motifs is 1. The van der Waals surface area contributed by atoms with Crippen LogP contribution in [0, 0.1) is 0 Å². The van der Waals surface area contributed by atoms with Gasteiger partial charge in [0.2, 0.25) is 0 Å². The molecule has 0 spiro atoms. The van der Waals surface area contributed by atoms with E-state index >= 15 is 0 Å². The SMILES string of the molecule is C=CCCN(CCCO)C1CCc2ccccc21. The maximum absolute atomic E-state index is 9.03. The van der Waals surface area contributed by atoms with Gasteiger partial charge in [0.1, 0.15) is 0 Å². The number of hydrogen-bond acceptors (Lipinski definition) is 2. The lowest BCUT2D eigenvalue weighted by Crippen LogP contribution is -2.30. The average Bonchev–Trinajstić information content (AvgIpc) is 2.83. The number of hydrogen-bond donors (Lipinski definition) is 1. The van der Waals surface area contributed by atoms with Crippen molar-refractivity contribution >= 4 is 0 Å². The lowest BCUT2D eigenvalue weighted by Gasteiger charge is -2.29. The highest BCUT2D eigenvalue weighted by atomic mass is 16.3. The third-order valence-electron chi connectivity index (χ3n) is 3.77. The van der Waals surface area contributed by atoms with E-state index in [4.69, 9.17) is 5.11 Å². The van der Waals surface area contributed by atoms with Gasteiger partial charge in [-0.25, -0.2) is 0 Å². The Kier molecular flexibility index (Phi) is 4.97. The summed E-state index contributed by atoms with van der Waals surface area (Å²) in [6.07, 6.45) is 6.25. The van der Waals surface area contributed by atoms with Gasteiger partial charge in [0, 0.05) is 25.7 Å². The van der Waals surface area contributed by atoms with Crippen molar-refractivity contribution in [2.45, 2.75) is 31.7 Å². The predicted molar refractivity (Wildman–Crippen MR) is 75.6 cm³/mol. The van der Waals surface area contributed by atoms with Crippen LogP contribution in [0.1, 0.15) is 36.4 Å². The molecule has 0 saturated carbocycles. The van der Waals surface area contributed by atoms with Gasteiger partial charge in [-0.15, -0.1) is 6.58 Å². The highest BCUT2D eigenvalue weighted by Gasteiger charge is 2.26. The summed E-state index contributed by atoms with van der Waals surface area (Å²) < 4.78 is 0. The normalized spacial score (nSPS) is 18.0. The minimum Gasteiger partial charge on any atom is -0.396 e. The molecule has 1 atom stereocenters. The highest BCUT2D eigenvalue weighted by molar-refractivity contribution is 5.34. The summed E-state index contributed by atoms with van der Waals surface area (Å²) >= 11 is 0. The van der Waals surface area contributed by atoms with Gasteiger partial charge in [-0.1, -0.05) is 30.3 Å². The van der Waals surface area contributed by atoms with E-state index in [9.17, 15) is 0 Å². The lowest BCUT2D eigenvalue weighted by atomic mass is 10.1. The third-order valence-corrected chi connectivity index (χ3v) is 3.77. The molecule has 18 heavy (non-hydrogen) atoms. The van der Waals surface area contributed by atoms with Crippen molar-refractivity contribution in [3.05, 3.63) is 48.0 Å². The Morgan fingerprint density at radius 1 is 1.33 bits per heavy atom. The number of nitrogens with zero attached hydrogens (tertiary/aromatic N) is 1. The summed E-state index contributed by atoms with van der Waals surface area (Å²) in [6, 6.07) is 9.30. The molecular weight excluding hydrogens is 222 g/mol. The van der Waals surface area contributed by atoms with E-state index in [1.165, 1.54) is 24.0 Å². The van der Waals surface area contributed by atoms with Crippen molar-refractivity contribution in [3.63, 3.8) is 0 Å². The second-order valence-electron chi connectivity index (χ2n) is 4.94. The maximum Gasteiger partial charge on any atom is 0.0443 e. The molecule has 2 heteroatoms. The van der Waals surface area contributed by atoms with Crippen molar-refractivity contribution in [1.82, 2.24) is 4.90 Å². The highest BCUT2D eigenvalue weighted by Crippen LogP contribution is 2.35. The van der Waals surface area contributed by atoms with E-state index in [2.05, 4.69) is 35.7 Å². The standard InChI is InChI=1S/C16H23NO/c1-2-3-11-17(12-6-13-18)16-10-9-14-7-4-5-8-15(14)16/h2,4-5,7-8,16,18H,1,3,6,9-13H2. The molecule has 98 valence electrons. The lowest BCUT2D eigenvalue weighted by molar-refractivity contribution is 0.176. The quantitative estimate of drug-likeness (QED) is 0.747. The van der Waals surface area contributed by atoms with E-state index in [1.54, 1.807) is 0 Å². The molecule has 0 fully saturated rings. The van der Waals surface area contributed by atoms with Crippen LogP contribution in [0.4, 0.5) is 0 Å². The molecule has 0 aromatic heterocycles. The molecule has 1 aliphatic carbocycles. The van der Waals surface area contributed by atoms with Crippen molar-refractivity contribution in [2.24, 2.45) is 0 Å². The number of rotatable bonds is 7. The maximum atomic E-state index is 9.03. The fraction of sp³-hybridized carbons (Fsp3) is 0.500. The van der Waals surface area contributed by atoms with E-state index in [1.807, 2.05) is 6.08 Å². The topological polar surface area (TPSA) is 23.5 Å². The Bertz CT molecular complexity index is 388. The number of aliphatic hydroxyl groups is 1. The first-order valence-corrected chi connectivity index (χ1v) is 6.90. The fourth-order valence-electron chi connectivity index (χ4n) is 2.87. The second-order valence-corrected chi connectivity index (χ2v) is 4.94. The minimum absolute atomic E-state index is 0.277. The van der Waals surface area contributed by atoms with Crippen LogP contribution in [0.15, 0.2) is 36.9 Å². The molecule has 1 unspecified atom stereocenters. The van der Waals surface area contributed by atoms with Crippen LogP contribution in [0.5, 0.6) is 0 Å². The van der Waals surface area contributed by atoms with Crippen LogP contribution in [0.3, 0.4) is 0 Å². The van der Waals surface area contributed by atoms with Gasteiger partial charge < -0.3 is 5.11 Å². The summed E-state index contributed by atoms with van der Waals surface area (Å²) in [5.41, 5.74) is 2.98. The monoisotopic (exact) mass is 245 g/mol. The zero-order chi connectivity index (χ0) is 12.8. The van der Waals surface area contributed by atoms with Gasteiger partial charge in [0.15, 0.2) is 0 Å². The Labute approximate surface area is 110 Å². The smallest absolute Gasteiger partial charge is 0.0443 e. The van der Waals surface area contributed by atoms with E-state index < -0.39 is 0 Å². The van der Waals surface area contributed by atoms with Gasteiger partial charge in [0.05, 0.1) is 0 Å². The third kappa shape index (κ3) is 3.01. The van der Waals surface area contributed by atoms with Crippen LogP contribution >= 0.6 is 0 Å². The average molecular weight is 245 g/mol. The zero-order valence-corrected chi connectivity index (χ0v) is 11.0. The van der Waals surface area contributed by atoms with Crippen molar-refractivity contribution < 1.29 is 5.11 Å². The molecule has 0 saturated heterocycles. The molecule has 1 aromatic rings. The van der Waals surface area contributed by atoms with Crippen LogP contribution in [0.25, 0.3) is 0 Å². The number of benzene rings is 1. The summed E-state index contributed by atoms with van der Waals surface area (Å²) in [4.78, 5) is 2.50. The van der Waals surface area contributed by atoms with Gasteiger partial charge in [-0.3, -0.25) is 4.90 Å². The molecule has 0 aliphatic heterocycles. The largest absolute Gasteiger partial charge is 0.396 e. The Balaban J connectivity index is 2.08. The molecule has 0 amide bonds. The van der Waals surface area contributed by atoms with E-state index in [-0.39, 0.29) is 6.61 Å². The first-order chi connectivity index (χ1) is 8.86. The number of aliphatic hydroxyl groups excluding tert-OH is 1. The Morgan fingerprint density at radius 3 is 2.94 bits per heavy atom. The first-order valence-electron chi connectivity index (χ1n) is 6.90. The first kappa shape index (κ1) is 13.3. The van der Waals surface area contributed by atoms with Gasteiger partial charge in [0.25, 0.3) is 0 Å². The fourth-order valence-corrected chi connectivity index (χ4v) is 2.87. The molecule has 0 radical (unpaired) electrons. The van der Waals surface area contributed by atoms with Crippen LogP contribution in [-0.4, -0.2) is 29.7 Å². The van der Waals surface area contributed by atoms with Crippen molar-refractivity contribution in [1.29, 1.82) is 0 Å².